The van der Waals surface area contributed by atoms with E-state index in [0.29, 0.717) is 12.8 Å². The van der Waals surface area contributed by atoms with E-state index in [1.807, 2.05) is 24.3 Å². The van der Waals surface area contributed by atoms with E-state index in [-0.39, 0.29) is 17.3 Å². The molecule has 1 aromatic carbocycles. The van der Waals surface area contributed by atoms with Gasteiger partial charge >= 0.3 is 0 Å². The van der Waals surface area contributed by atoms with Crippen molar-refractivity contribution in [3.63, 3.8) is 0 Å². The van der Waals surface area contributed by atoms with E-state index >= 15 is 0 Å². The number of alkyl halides is 1. The predicted octanol–water partition coefficient (Wildman–Crippen LogP) is 0.870. The van der Waals surface area contributed by atoms with Crippen LogP contribution in [-0.4, -0.2) is 27.5 Å². The van der Waals surface area contributed by atoms with E-state index in [9.17, 15) is 4.39 Å². The molecule has 1 aromatic heterocycles. The third-order valence-corrected chi connectivity index (χ3v) is 2.87. The Bertz CT molecular complexity index is 588. The summed E-state index contributed by atoms with van der Waals surface area (Å²) in [6.07, 6.45) is 0.615. The Morgan fingerprint density at radius 3 is 2.35 bits per heavy atom. The van der Waals surface area contributed by atoms with Gasteiger partial charge in [0.25, 0.3) is 0 Å². The van der Waals surface area contributed by atoms with Crippen LogP contribution in [0.3, 0.4) is 0 Å². The van der Waals surface area contributed by atoms with E-state index in [1.54, 1.807) is 0 Å². The smallest absolute Gasteiger partial charge is 0.199 e. The lowest BCUT2D eigenvalue weighted by molar-refractivity contribution is 0.305. The highest BCUT2D eigenvalue weighted by atomic mass is 19.1. The van der Waals surface area contributed by atoms with E-state index < -0.39 is 6.17 Å². The Morgan fingerprint density at radius 1 is 1.30 bits per heavy atom. The average molecular weight is 279 g/mol. The minimum atomic E-state index is -0.627. The van der Waals surface area contributed by atoms with Crippen LogP contribution in [0.5, 0.6) is 0 Å². The van der Waals surface area contributed by atoms with Crippen LogP contribution in [0.1, 0.15) is 16.8 Å². The van der Waals surface area contributed by atoms with Crippen LogP contribution < -0.4 is 11.5 Å². The van der Waals surface area contributed by atoms with E-state index in [1.165, 1.54) is 11.1 Å². The molecule has 5 N–H and O–H groups in total. The summed E-state index contributed by atoms with van der Waals surface area (Å²) >= 11 is 0. The van der Waals surface area contributed by atoms with E-state index in [0.717, 1.165) is 0 Å². The van der Waals surface area contributed by atoms with E-state index in [4.69, 9.17) is 16.7 Å². The molecule has 0 saturated carbocycles. The van der Waals surface area contributed by atoms with Gasteiger partial charge in [0, 0.05) is 12.8 Å². The number of oxime groups is 1. The number of amidine groups is 1. The summed E-state index contributed by atoms with van der Waals surface area (Å²) in [6, 6.07) is 7.96. The van der Waals surface area contributed by atoms with Crippen molar-refractivity contribution in [2.24, 2.45) is 10.9 Å². The highest BCUT2D eigenvalue weighted by Crippen LogP contribution is 2.23. The molecule has 0 saturated heterocycles. The zero-order valence-corrected chi connectivity index (χ0v) is 10.5. The maximum absolute atomic E-state index is 12.7. The van der Waals surface area contributed by atoms with Gasteiger partial charge in [-0.3, -0.25) is 0 Å². The molecule has 106 valence electrons. The molecule has 0 amide bonds. The molecule has 8 heteroatoms. The SMILES string of the molecule is FC1Cc2ccccc2C1.N/C(=N\O)c1nonc1N. The molecule has 3 rings (SSSR count). The Kier molecular flexibility index (Phi) is 4.14. The second-order valence-electron chi connectivity index (χ2n) is 4.26. The molecule has 0 fully saturated rings. The maximum Gasteiger partial charge on any atom is 0.199 e. The Balaban J connectivity index is 0.000000147. The minimum Gasteiger partial charge on any atom is -0.409 e. The van der Waals surface area contributed by atoms with Crippen LogP contribution in [0.25, 0.3) is 0 Å². The van der Waals surface area contributed by atoms with Crippen LogP contribution in [0.2, 0.25) is 0 Å². The molecule has 0 atom stereocenters. The second-order valence-corrected chi connectivity index (χ2v) is 4.26. The number of halogens is 1. The molecular formula is C12H14FN5O2. The molecule has 1 heterocycles. The number of nitrogens with zero attached hydrogens (tertiary/aromatic N) is 3. The molecule has 1 aliphatic carbocycles. The lowest BCUT2D eigenvalue weighted by Crippen LogP contribution is -2.15. The lowest BCUT2D eigenvalue weighted by atomic mass is 10.1. The van der Waals surface area contributed by atoms with Gasteiger partial charge in [-0.25, -0.2) is 9.02 Å². The number of anilines is 1. The van der Waals surface area contributed by atoms with Crippen LogP contribution in [0.15, 0.2) is 34.1 Å². The summed E-state index contributed by atoms with van der Waals surface area (Å²) < 4.78 is 16.9. The van der Waals surface area contributed by atoms with Crippen molar-refractivity contribution in [1.29, 1.82) is 0 Å². The van der Waals surface area contributed by atoms with Crippen LogP contribution in [0.4, 0.5) is 10.2 Å². The fourth-order valence-electron chi connectivity index (χ4n) is 1.93. The molecule has 0 spiro atoms. The predicted molar refractivity (Wildman–Crippen MR) is 70.0 cm³/mol. The van der Waals surface area contributed by atoms with Gasteiger partial charge in [0.1, 0.15) is 6.17 Å². The zero-order valence-electron chi connectivity index (χ0n) is 10.5. The Hall–Kier alpha value is -2.64. The zero-order chi connectivity index (χ0) is 14.5. The summed E-state index contributed by atoms with van der Waals surface area (Å²) in [7, 11) is 0. The molecule has 0 radical (unpaired) electrons. The quantitative estimate of drug-likeness (QED) is 0.308. The van der Waals surface area contributed by atoms with Crippen molar-refractivity contribution < 1.29 is 14.2 Å². The third kappa shape index (κ3) is 3.02. The highest BCUT2D eigenvalue weighted by Gasteiger charge is 2.19. The molecule has 0 aliphatic heterocycles. The lowest BCUT2D eigenvalue weighted by Gasteiger charge is -1.92. The molecular weight excluding hydrogens is 265 g/mol. The molecule has 1 aliphatic rings. The summed E-state index contributed by atoms with van der Waals surface area (Å²) in [4.78, 5) is 0. The fraction of sp³-hybridized carbons (Fsp3) is 0.250. The van der Waals surface area contributed by atoms with Crippen molar-refractivity contribution in [3.05, 3.63) is 41.1 Å². The summed E-state index contributed by atoms with van der Waals surface area (Å²) in [5, 5.41) is 17.2. The summed E-state index contributed by atoms with van der Waals surface area (Å²) in [5.41, 5.74) is 12.7. The van der Waals surface area contributed by atoms with Gasteiger partial charge in [0.2, 0.25) is 0 Å². The van der Waals surface area contributed by atoms with Crippen molar-refractivity contribution >= 4 is 11.7 Å². The number of nitrogens with two attached hydrogens (primary N) is 2. The van der Waals surface area contributed by atoms with Gasteiger partial charge in [0.15, 0.2) is 17.3 Å². The maximum atomic E-state index is 12.7. The number of fused-ring (bicyclic) bond motifs is 1. The van der Waals surface area contributed by atoms with Crippen LogP contribution >= 0.6 is 0 Å². The fourth-order valence-corrected chi connectivity index (χ4v) is 1.93. The first kappa shape index (κ1) is 13.8. The molecule has 0 bridgehead atoms. The summed E-state index contributed by atoms with van der Waals surface area (Å²) in [6.45, 7) is 0. The molecule has 7 nitrogen and oxygen atoms in total. The van der Waals surface area contributed by atoms with Gasteiger partial charge in [-0.1, -0.05) is 29.4 Å². The monoisotopic (exact) mass is 279 g/mol. The number of rotatable bonds is 1. The molecule has 0 unspecified atom stereocenters. The van der Waals surface area contributed by atoms with E-state index in [2.05, 4.69) is 20.1 Å². The average Bonchev–Trinajstić information content (AvgIpc) is 3.03. The molecule has 20 heavy (non-hydrogen) atoms. The molecule has 2 aromatic rings. The van der Waals surface area contributed by atoms with Crippen molar-refractivity contribution in [2.45, 2.75) is 19.0 Å². The van der Waals surface area contributed by atoms with Gasteiger partial charge < -0.3 is 16.7 Å². The van der Waals surface area contributed by atoms with Gasteiger partial charge in [-0.15, -0.1) is 0 Å². The number of benzene rings is 1. The first-order chi connectivity index (χ1) is 9.61. The van der Waals surface area contributed by atoms with Crippen molar-refractivity contribution in [3.8, 4) is 0 Å². The standard InChI is InChI=1S/C9H9F.C3H5N5O2/c10-9-5-7-3-1-2-4-8(7)6-9;4-2(6-9)1-3(5)8-10-7-1/h1-4,9H,5-6H2;9H,(H2,4,6)(H2,5,8). The van der Waals surface area contributed by atoms with Gasteiger partial charge in [-0.05, 0) is 21.4 Å². The number of hydrogen-bond acceptors (Lipinski definition) is 6. The van der Waals surface area contributed by atoms with Crippen LogP contribution in [-0.2, 0) is 12.8 Å². The number of aromatic nitrogens is 2. The van der Waals surface area contributed by atoms with Crippen LogP contribution in [0, 0.1) is 0 Å². The Morgan fingerprint density at radius 2 is 1.90 bits per heavy atom. The summed E-state index contributed by atoms with van der Waals surface area (Å²) in [5.74, 6) is -0.228. The topological polar surface area (TPSA) is 124 Å². The number of nitrogen functional groups attached to an aromatic ring is 1. The highest BCUT2D eigenvalue weighted by molar-refractivity contribution is 5.98. The minimum absolute atomic E-state index is 0.00435. The first-order valence-corrected chi connectivity index (χ1v) is 5.88. The van der Waals surface area contributed by atoms with Gasteiger partial charge in [-0.2, -0.15) is 0 Å². The largest absolute Gasteiger partial charge is 0.409 e. The normalized spacial score (nSPS) is 14.6. The first-order valence-electron chi connectivity index (χ1n) is 5.88. The van der Waals surface area contributed by atoms with Crippen molar-refractivity contribution in [2.75, 3.05) is 5.73 Å². The third-order valence-electron chi connectivity index (χ3n) is 2.87. The Labute approximate surface area is 114 Å². The van der Waals surface area contributed by atoms with Crippen molar-refractivity contribution in [1.82, 2.24) is 10.3 Å². The number of hydrogen-bond donors (Lipinski definition) is 3. The second kappa shape index (κ2) is 6.00. The van der Waals surface area contributed by atoms with Gasteiger partial charge in [0.05, 0.1) is 0 Å².